The van der Waals surface area contributed by atoms with E-state index in [1.165, 1.54) is 7.11 Å². The number of carbonyl (C=O) groups excluding carboxylic acids is 3. The van der Waals surface area contributed by atoms with Gasteiger partial charge in [-0.15, -0.1) is 0 Å². The average molecular weight is 494 g/mol. The smallest absolute Gasteiger partial charge is 0.420 e. The first-order valence-electron chi connectivity index (χ1n) is 11.6. The number of rotatable bonds is 5. The van der Waals surface area contributed by atoms with Gasteiger partial charge in [-0.3, -0.25) is 0 Å². The van der Waals surface area contributed by atoms with E-state index in [1.54, 1.807) is 41.5 Å². The van der Waals surface area contributed by atoms with E-state index in [1.807, 2.05) is 51.1 Å². The monoisotopic (exact) mass is 493 g/mol. The molecule has 7 nitrogen and oxygen atoms in total. The van der Waals surface area contributed by atoms with Crippen molar-refractivity contribution < 1.29 is 28.6 Å². The Bertz CT molecular complexity index is 834. The summed E-state index contributed by atoms with van der Waals surface area (Å²) in [6.45, 7) is 20.5. The first-order valence-corrected chi connectivity index (χ1v) is 14.7. The van der Waals surface area contributed by atoms with Gasteiger partial charge in [-0.05, 0) is 52.5 Å². The van der Waals surface area contributed by atoms with Gasteiger partial charge in [0.15, 0.2) is 0 Å². The molecule has 0 aliphatic rings. The minimum absolute atomic E-state index is 0.421. The summed E-state index contributed by atoms with van der Waals surface area (Å²) in [5.41, 5.74) is -2.68. The fourth-order valence-corrected chi connectivity index (χ4v) is 9.08. The number of ether oxygens (including phenoxy) is 3. The molecule has 1 unspecified atom stereocenters. The minimum atomic E-state index is -2.52. The van der Waals surface area contributed by atoms with E-state index in [0.29, 0.717) is 0 Å². The number of imide groups is 1. The van der Waals surface area contributed by atoms with Crippen molar-refractivity contribution in [3.63, 3.8) is 0 Å². The molecule has 0 bridgehead atoms. The van der Waals surface area contributed by atoms with Gasteiger partial charge in [0.05, 0.1) is 15.2 Å². The Labute approximate surface area is 206 Å². The molecule has 2 amide bonds. The van der Waals surface area contributed by atoms with Crippen molar-refractivity contribution in [3.05, 3.63) is 30.3 Å². The zero-order chi connectivity index (χ0) is 26.7. The molecule has 0 radical (unpaired) electrons. The van der Waals surface area contributed by atoms with E-state index < -0.39 is 54.4 Å². The molecule has 1 aromatic rings. The third-order valence-electron chi connectivity index (χ3n) is 5.45. The van der Waals surface area contributed by atoms with Crippen LogP contribution in [0.25, 0.3) is 0 Å². The van der Waals surface area contributed by atoms with Crippen LogP contribution < -0.4 is 5.19 Å². The Morgan fingerprint density at radius 3 is 1.53 bits per heavy atom. The van der Waals surface area contributed by atoms with Crippen molar-refractivity contribution in [1.29, 1.82) is 0 Å². The van der Waals surface area contributed by atoms with Gasteiger partial charge in [0, 0.05) is 0 Å². The molecule has 1 rings (SSSR count). The number of methoxy groups -OCH3 is 1. The highest BCUT2D eigenvalue weighted by molar-refractivity contribution is 6.91. The SMILES string of the molecule is COC(=O)C([C@@H](C(C)(C)C)[Si](C)(C)c1ccccc1)N(C(=O)OC(C)(C)C)C(=O)OC(C)(C)C. The van der Waals surface area contributed by atoms with Crippen molar-refractivity contribution in [1.82, 2.24) is 4.90 Å². The number of esters is 1. The van der Waals surface area contributed by atoms with E-state index in [2.05, 4.69) is 13.1 Å². The highest BCUT2D eigenvalue weighted by Gasteiger charge is 2.54. The van der Waals surface area contributed by atoms with E-state index in [0.717, 1.165) is 10.1 Å². The topological polar surface area (TPSA) is 82.1 Å². The fraction of sp³-hybridized carbons (Fsp3) is 0.654. The molecule has 0 fully saturated rings. The van der Waals surface area contributed by atoms with Crippen LogP contribution in [0.3, 0.4) is 0 Å². The maximum atomic E-state index is 13.5. The zero-order valence-electron chi connectivity index (χ0n) is 22.9. The second-order valence-corrected chi connectivity index (χ2v) is 16.9. The van der Waals surface area contributed by atoms with Crippen molar-refractivity contribution in [2.45, 2.75) is 98.2 Å². The number of amides is 2. The molecule has 8 heteroatoms. The van der Waals surface area contributed by atoms with E-state index in [4.69, 9.17) is 14.2 Å². The third-order valence-corrected chi connectivity index (χ3v) is 10.0. The van der Waals surface area contributed by atoms with Gasteiger partial charge >= 0.3 is 18.2 Å². The summed E-state index contributed by atoms with van der Waals surface area (Å²) in [7, 11) is -1.26. The van der Waals surface area contributed by atoms with Crippen LogP contribution in [0.15, 0.2) is 30.3 Å². The van der Waals surface area contributed by atoms with Gasteiger partial charge in [0.25, 0.3) is 0 Å². The number of benzene rings is 1. The molecule has 0 spiro atoms. The summed E-state index contributed by atoms with van der Waals surface area (Å²) in [4.78, 5) is 41.1. The molecular formula is C26H43NO6Si. The molecule has 0 aromatic heterocycles. The maximum Gasteiger partial charge on any atom is 0.420 e. The van der Waals surface area contributed by atoms with Crippen molar-refractivity contribution in [3.8, 4) is 0 Å². The van der Waals surface area contributed by atoms with Crippen LogP contribution in [0.1, 0.15) is 62.3 Å². The highest BCUT2D eigenvalue weighted by atomic mass is 28.3. The van der Waals surface area contributed by atoms with Crippen LogP contribution in [0.4, 0.5) is 9.59 Å². The summed E-state index contributed by atoms with van der Waals surface area (Å²) in [5, 5.41) is 1.09. The van der Waals surface area contributed by atoms with Crippen LogP contribution in [-0.4, -0.2) is 55.5 Å². The zero-order valence-corrected chi connectivity index (χ0v) is 23.9. The predicted molar refractivity (Wildman–Crippen MR) is 137 cm³/mol. The Morgan fingerprint density at radius 2 is 1.21 bits per heavy atom. The van der Waals surface area contributed by atoms with E-state index in [-0.39, 0.29) is 0 Å². The Balaban J connectivity index is 3.85. The quantitative estimate of drug-likeness (QED) is 0.296. The van der Waals surface area contributed by atoms with Crippen molar-refractivity contribution in [2.75, 3.05) is 7.11 Å². The van der Waals surface area contributed by atoms with Crippen LogP contribution in [0, 0.1) is 5.41 Å². The van der Waals surface area contributed by atoms with Crippen LogP contribution in [-0.2, 0) is 19.0 Å². The van der Waals surface area contributed by atoms with Crippen LogP contribution >= 0.6 is 0 Å². The van der Waals surface area contributed by atoms with Gasteiger partial charge in [0.1, 0.15) is 17.2 Å². The second-order valence-electron chi connectivity index (χ2n) is 12.2. The van der Waals surface area contributed by atoms with E-state index in [9.17, 15) is 14.4 Å². The number of carbonyl (C=O) groups is 3. The standard InChI is InChI=1S/C26H43NO6Si/c1-24(2,3)20(34(11,12)18-16-14-13-15-17-18)19(21(28)31-10)27(22(29)32-25(4,5)6)23(30)33-26(7,8)9/h13-17,19-20H,1-12H3/t19?,20-/m0/s1. The normalized spacial score (nSPS) is 14.6. The van der Waals surface area contributed by atoms with Gasteiger partial charge in [-0.25, -0.2) is 14.4 Å². The molecule has 0 aliphatic heterocycles. The molecule has 1 aromatic carbocycles. The molecule has 0 saturated carbocycles. The Kier molecular flexibility index (Phi) is 9.17. The van der Waals surface area contributed by atoms with Gasteiger partial charge in [-0.1, -0.05) is 69.4 Å². The largest absolute Gasteiger partial charge is 0.467 e. The highest BCUT2D eigenvalue weighted by Crippen LogP contribution is 2.44. The Morgan fingerprint density at radius 1 is 0.794 bits per heavy atom. The molecule has 192 valence electrons. The van der Waals surface area contributed by atoms with Crippen LogP contribution in [0.2, 0.25) is 18.6 Å². The molecule has 0 aliphatic carbocycles. The number of hydrogen-bond donors (Lipinski definition) is 0. The summed E-state index contributed by atoms with van der Waals surface area (Å²) in [6.07, 6.45) is -1.88. The predicted octanol–water partition coefficient (Wildman–Crippen LogP) is 5.73. The third kappa shape index (κ3) is 7.86. The van der Waals surface area contributed by atoms with Crippen LogP contribution in [0.5, 0.6) is 0 Å². The fourth-order valence-electron chi connectivity index (χ4n) is 4.43. The van der Waals surface area contributed by atoms with E-state index >= 15 is 0 Å². The minimum Gasteiger partial charge on any atom is -0.467 e. The van der Waals surface area contributed by atoms with Gasteiger partial charge in [0.2, 0.25) is 0 Å². The Hall–Kier alpha value is -2.35. The molecule has 0 saturated heterocycles. The summed E-state index contributed by atoms with van der Waals surface area (Å²) in [6, 6.07) is 8.67. The number of nitrogens with zero attached hydrogens (tertiary/aromatic N) is 1. The van der Waals surface area contributed by atoms with Gasteiger partial charge < -0.3 is 14.2 Å². The van der Waals surface area contributed by atoms with Crippen molar-refractivity contribution >= 4 is 31.4 Å². The summed E-state index contributed by atoms with van der Waals surface area (Å²) >= 11 is 0. The lowest BCUT2D eigenvalue weighted by Gasteiger charge is -2.47. The average Bonchev–Trinajstić information content (AvgIpc) is 2.63. The first kappa shape index (κ1) is 29.7. The van der Waals surface area contributed by atoms with Gasteiger partial charge in [-0.2, -0.15) is 4.90 Å². The summed E-state index contributed by atoms with van der Waals surface area (Å²) in [5.74, 6) is -0.687. The maximum absolute atomic E-state index is 13.5. The first-order chi connectivity index (χ1) is 15.2. The molecule has 0 N–H and O–H groups in total. The molecular weight excluding hydrogens is 450 g/mol. The lowest BCUT2D eigenvalue weighted by atomic mass is 9.86. The molecule has 2 atom stereocenters. The molecule has 0 heterocycles. The van der Waals surface area contributed by atoms with Crippen molar-refractivity contribution in [2.24, 2.45) is 5.41 Å². The molecule has 34 heavy (non-hydrogen) atoms. The number of hydrogen-bond acceptors (Lipinski definition) is 6. The second kappa shape index (κ2) is 10.5. The lowest BCUT2D eigenvalue weighted by Crippen LogP contribution is -2.63. The summed E-state index contributed by atoms with van der Waals surface area (Å²) < 4.78 is 16.4. The lowest BCUT2D eigenvalue weighted by molar-refractivity contribution is -0.147.